The van der Waals surface area contributed by atoms with Crippen molar-refractivity contribution in [1.29, 1.82) is 0 Å². The molecule has 0 atom stereocenters. The van der Waals surface area contributed by atoms with E-state index in [4.69, 9.17) is 0 Å². The zero-order chi connectivity index (χ0) is 13.6. The molecular formula is C13H17F2NO2. The van der Waals surface area contributed by atoms with Crippen molar-refractivity contribution < 1.29 is 18.7 Å². The van der Waals surface area contributed by atoms with E-state index in [0.717, 1.165) is 11.3 Å². The second-order valence-corrected chi connectivity index (χ2v) is 5.21. The van der Waals surface area contributed by atoms with Crippen LogP contribution in [0.3, 0.4) is 0 Å². The van der Waals surface area contributed by atoms with E-state index in [9.17, 15) is 18.7 Å². The van der Waals surface area contributed by atoms with E-state index in [-0.39, 0.29) is 25.7 Å². The SMILES string of the molecule is Cc1c[nH]c(C)c1C1(C(=O)O)CCC(F)(F)CC1. The zero-order valence-electron chi connectivity index (χ0n) is 10.5. The highest BCUT2D eigenvalue weighted by Crippen LogP contribution is 2.47. The maximum absolute atomic E-state index is 13.3. The van der Waals surface area contributed by atoms with Crippen molar-refractivity contribution in [2.24, 2.45) is 0 Å². The number of aromatic amines is 1. The Morgan fingerprint density at radius 2 is 1.83 bits per heavy atom. The van der Waals surface area contributed by atoms with E-state index in [1.807, 2.05) is 6.92 Å². The number of hydrogen-bond acceptors (Lipinski definition) is 1. The van der Waals surface area contributed by atoms with Gasteiger partial charge in [0.1, 0.15) is 0 Å². The van der Waals surface area contributed by atoms with Crippen molar-refractivity contribution in [3.63, 3.8) is 0 Å². The minimum absolute atomic E-state index is 0.00509. The first-order chi connectivity index (χ1) is 8.28. The lowest BCUT2D eigenvalue weighted by Gasteiger charge is -2.37. The largest absolute Gasteiger partial charge is 0.481 e. The van der Waals surface area contributed by atoms with Crippen LogP contribution in [0.4, 0.5) is 8.78 Å². The van der Waals surface area contributed by atoms with E-state index < -0.39 is 17.3 Å². The van der Waals surface area contributed by atoms with Gasteiger partial charge in [0, 0.05) is 24.7 Å². The van der Waals surface area contributed by atoms with Crippen molar-refractivity contribution in [3.8, 4) is 0 Å². The minimum Gasteiger partial charge on any atom is -0.481 e. The molecule has 1 aromatic rings. The number of aliphatic carboxylic acids is 1. The van der Waals surface area contributed by atoms with Crippen LogP contribution >= 0.6 is 0 Å². The fourth-order valence-corrected chi connectivity index (χ4v) is 3.01. The normalized spacial score (nSPS) is 21.8. The number of alkyl halides is 2. The number of hydrogen-bond donors (Lipinski definition) is 2. The van der Waals surface area contributed by atoms with Gasteiger partial charge in [0.25, 0.3) is 0 Å². The highest BCUT2D eigenvalue weighted by molar-refractivity contribution is 5.82. The molecule has 1 aliphatic rings. The molecule has 0 spiro atoms. The zero-order valence-corrected chi connectivity index (χ0v) is 10.5. The third kappa shape index (κ3) is 1.91. The Kier molecular flexibility index (Phi) is 2.95. The summed E-state index contributed by atoms with van der Waals surface area (Å²) in [5, 5.41) is 9.52. The monoisotopic (exact) mass is 257 g/mol. The van der Waals surface area contributed by atoms with Gasteiger partial charge in [-0.3, -0.25) is 4.79 Å². The average Bonchev–Trinajstić information content (AvgIpc) is 2.60. The summed E-state index contributed by atoms with van der Waals surface area (Å²) in [4.78, 5) is 14.6. The Balaban J connectivity index is 2.45. The molecule has 5 heteroatoms. The molecule has 0 unspecified atom stereocenters. The minimum atomic E-state index is -2.73. The molecule has 100 valence electrons. The van der Waals surface area contributed by atoms with Crippen LogP contribution in [0.15, 0.2) is 6.20 Å². The number of carbonyl (C=O) groups is 1. The molecule has 0 amide bonds. The van der Waals surface area contributed by atoms with Crippen LogP contribution in [0.5, 0.6) is 0 Å². The summed E-state index contributed by atoms with van der Waals surface area (Å²) in [5.41, 5.74) is 1.13. The van der Waals surface area contributed by atoms with Crippen LogP contribution in [-0.4, -0.2) is 22.0 Å². The number of halogens is 2. The molecule has 1 aliphatic carbocycles. The molecule has 1 fully saturated rings. The lowest BCUT2D eigenvalue weighted by Crippen LogP contribution is -2.43. The van der Waals surface area contributed by atoms with Gasteiger partial charge < -0.3 is 10.1 Å². The highest BCUT2D eigenvalue weighted by atomic mass is 19.3. The molecule has 0 radical (unpaired) electrons. The molecule has 18 heavy (non-hydrogen) atoms. The van der Waals surface area contributed by atoms with E-state index in [2.05, 4.69) is 4.98 Å². The summed E-state index contributed by atoms with van der Waals surface area (Å²) >= 11 is 0. The highest BCUT2D eigenvalue weighted by Gasteiger charge is 2.50. The Bertz CT molecular complexity index is 450. The second kappa shape index (κ2) is 4.07. The molecule has 2 rings (SSSR count). The molecule has 3 nitrogen and oxygen atoms in total. The van der Waals surface area contributed by atoms with Crippen LogP contribution in [0.25, 0.3) is 0 Å². The maximum Gasteiger partial charge on any atom is 0.314 e. The van der Waals surface area contributed by atoms with E-state index >= 15 is 0 Å². The van der Waals surface area contributed by atoms with Crippen LogP contribution in [0, 0.1) is 13.8 Å². The lowest BCUT2D eigenvalue weighted by molar-refractivity contribution is -0.149. The number of carboxylic acids is 1. The van der Waals surface area contributed by atoms with Crippen LogP contribution in [-0.2, 0) is 10.2 Å². The maximum atomic E-state index is 13.3. The van der Waals surface area contributed by atoms with Crippen molar-refractivity contribution in [2.45, 2.75) is 50.9 Å². The molecular weight excluding hydrogens is 240 g/mol. The molecule has 2 N–H and O–H groups in total. The third-order valence-electron chi connectivity index (χ3n) is 4.00. The van der Waals surface area contributed by atoms with Gasteiger partial charge in [0.15, 0.2) is 0 Å². The summed E-state index contributed by atoms with van der Waals surface area (Å²) in [7, 11) is 0. The van der Waals surface area contributed by atoms with E-state index in [0.29, 0.717) is 5.56 Å². The fourth-order valence-electron chi connectivity index (χ4n) is 3.01. The van der Waals surface area contributed by atoms with Crippen LogP contribution < -0.4 is 0 Å². The number of H-pyrrole nitrogens is 1. The first kappa shape index (κ1) is 13.1. The lowest BCUT2D eigenvalue weighted by atomic mass is 9.67. The number of aryl methyl sites for hydroxylation is 2. The van der Waals surface area contributed by atoms with Gasteiger partial charge in [-0.2, -0.15) is 0 Å². The quantitative estimate of drug-likeness (QED) is 0.855. The molecule has 1 saturated carbocycles. The molecule has 1 aromatic heterocycles. The van der Waals surface area contributed by atoms with Gasteiger partial charge in [-0.05, 0) is 37.8 Å². The average molecular weight is 257 g/mol. The molecule has 1 heterocycles. The van der Waals surface area contributed by atoms with Crippen molar-refractivity contribution in [1.82, 2.24) is 4.98 Å². The predicted octanol–water partition coefficient (Wildman–Crippen LogP) is 3.16. The summed E-state index contributed by atoms with van der Waals surface area (Å²) < 4.78 is 26.5. The van der Waals surface area contributed by atoms with Gasteiger partial charge >= 0.3 is 5.97 Å². The molecule has 0 aliphatic heterocycles. The first-order valence-electron chi connectivity index (χ1n) is 6.05. The third-order valence-corrected chi connectivity index (χ3v) is 4.00. The Morgan fingerprint density at radius 1 is 1.28 bits per heavy atom. The first-order valence-corrected chi connectivity index (χ1v) is 6.05. The topological polar surface area (TPSA) is 53.1 Å². The predicted molar refractivity (Wildman–Crippen MR) is 63.0 cm³/mol. The van der Waals surface area contributed by atoms with E-state index in [1.54, 1.807) is 13.1 Å². The summed E-state index contributed by atoms with van der Waals surface area (Å²) in [6.07, 6.45) is 1.01. The summed E-state index contributed by atoms with van der Waals surface area (Å²) in [5.74, 6) is -3.72. The Labute approximate surface area is 104 Å². The van der Waals surface area contributed by atoms with Crippen molar-refractivity contribution >= 4 is 5.97 Å². The van der Waals surface area contributed by atoms with Gasteiger partial charge in [0.2, 0.25) is 5.92 Å². The number of rotatable bonds is 2. The van der Waals surface area contributed by atoms with Gasteiger partial charge in [0.05, 0.1) is 5.41 Å². The van der Waals surface area contributed by atoms with Crippen molar-refractivity contribution in [2.75, 3.05) is 0 Å². The van der Waals surface area contributed by atoms with Gasteiger partial charge in [-0.1, -0.05) is 0 Å². The number of aromatic nitrogens is 1. The summed E-state index contributed by atoms with van der Waals surface area (Å²) in [6, 6.07) is 0. The smallest absolute Gasteiger partial charge is 0.314 e. The van der Waals surface area contributed by atoms with Crippen LogP contribution in [0.1, 0.15) is 42.5 Å². The Hall–Kier alpha value is -1.39. The molecule has 0 saturated heterocycles. The molecule has 0 aromatic carbocycles. The second-order valence-electron chi connectivity index (χ2n) is 5.21. The number of nitrogens with one attached hydrogen (secondary N) is 1. The van der Waals surface area contributed by atoms with Gasteiger partial charge in [-0.15, -0.1) is 0 Å². The van der Waals surface area contributed by atoms with Crippen LogP contribution in [0.2, 0.25) is 0 Å². The summed E-state index contributed by atoms with van der Waals surface area (Å²) in [6.45, 7) is 3.61. The van der Waals surface area contributed by atoms with Gasteiger partial charge in [-0.25, -0.2) is 8.78 Å². The molecule has 0 bridgehead atoms. The Morgan fingerprint density at radius 3 is 2.22 bits per heavy atom. The van der Waals surface area contributed by atoms with E-state index in [1.165, 1.54) is 0 Å². The standard InChI is InChI=1S/C13H17F2NO2/c1-8-7-16-9(2)10(8)12(11(17)18)3-5-13(14,15)6-4-12/h7,16H,3-6H2,1-2H3,(H,17,18). The fraction of sp³-hybridized carbons (Fsp3) is 0.615. The van der Waals surface area contributed by atoms with Crippen molar-refractivity contribution in [3.05, 3.63) is 23.0 Å². The number of carboxylic acid groups (broad SMARTS) is 1.